The number of hydrogen-bond acceptors (Lipinski definition) is 3. The van der Waals surface area contributed by atoms with Crippen molar-refractivity contribution in [1.82, 2.24) is 5.32 Å². The summed E-state index contributed by atoms with van der Waals surface area (Å²) in [5.74, 6) is 0. The quantitative estimate of drug-likeness (QED) is 0.730. The minimum Gasteiger partial charge on any atom is -0.394 e. The third kappa shape index (κ3) is 3.80. The molecule has 0 bridgehead atoms. The van der Waals surface area contributed by atoms with Crippen molar-refractivity contribution in [3.05, 3.63) is 34.9 Å². The van der Waals surface area contributed by atoms with Crippen LogP contribution in [0.4, 0.5) is 0 Å². The van der Waals surface area contributed by atoms with Crippen LogP contribution < -0.4 is 5.32 Å². The maximum absolute atomic E-state index is 9.27. The van der Waals surface area contributed by atoms with E-state index in [1.807, 2.05) is 13.8 Å². The Hall–Kier alpha value is -0.900. The van der Waals surface area contributed by atoms with E-state index in [0.717, 1.165) is 0 Å². The summed E-state index contributed by atoms with van der Waals surface area (Å²) >= 11 is 0. The Morgan fingerprint density at radius 2 is 1.59 bits per heavy atom. The Labute approximate surface area is 103 Å². The number of nitrogens with one attached hydrogen (secondary N) is 1. The zero-order chi connectivity index (χ0) is 13.1. The van der Waals surface area contributed by atoms with Gasteiger partial charge in [-0.05, 0) is 33.3 Å². The first-order valence-corrected chi connectivity index (χ1v) is 5.98. The molecule has 1 aromatic rings. The van der Waals surface area contributed by atoms with Gasteiger partial charge in [-0.1, -0.05) is 29.3 Å². The Morgan fingerprint density at radius 1 is 1.12 bits per heavy atom. The van der Waals surface area contributed by atoms with Gasteiger partial charge in [-0.3, -0.25) is 0 Å². The van der Waals surface area contributed by atoms with Gasteiger partial charge in [0.2, 0.25) is 0 Å². The SMILES string of the molecule is Cc1cc(C)cc(C(C)NC(C)(CO)CO)c1. The Balaban J connectivity index is 2.85. The van der Waals surface area contributed by atoms with Gasteiger partial charge in [-0.2, -0.15) is 0 Å². The Bertz CT molecular complexity index is 352. The number of benzene rings is 1. The first-order valence-electron chi connectivity index (χ1n) is 5.98. The topological polar surface area (TPSA) is 52.5 Å². The molecule has 3 heteroatoms. The molecule has 1 atom stereocenters. The van der Waals surface area contributed by atoms with Crippen LogP contribution in [0.5, 0.6) is 0 Å². The van der Waals surface area contributed by atoms with Crippen molar-refractivity contribution in [3.8, 4) is 0 Å². The molecule has 1 unspecified atom stereocenters. The highest BCUT2D eigenvalue weighted by Crippen LogP contribution is 2.19. The predicted molar refractivity (Wildman–Crippen MR) is 70.0 cm³/mol. The van der Waals surface area contributed by atoms with Crippen molar-refractivity contribution < 1.29 is 10.2 Å². The lowest BCUT2D eigenvalue weighted by Crippen LogP contribution is -2.49. The molecule has 0 aromatic heterocycles. The monoisotopic (exact) mass is 237 g/mol. The van der Waals surface area contributed by atoms with Crippen LogP contribution >= 0.6 is 0 Å². The van der Waals surface area contributed by atoms with Crippen LogP contribution in [0.3, 0.4) is 0 Å². The minimum absolute atomic E-state index is 0.0847. The fraction of sp³-hybridized carbons (Fsp3) is 0.571. The molecular formula is C14H23NO2. The van der Waals surface area contributed by atoms with Crippen LogP contribution in [0, 0.1) is 13.8 Å². The zero-order valence-corrected chi connectivity index (χ0v) is 11.1. The van der Waals surface area contributed by atoms with E-state index in [2.05, 4.69) is 37.4 Å². The molecule has 0 aliphatic carbocycles. The van der Waals surface area contributed by atoms with Gasteiger partial charge in [-0.15, -0.1) is 0 Å². The molecule has 0 saturated heterocycles. The second-order valence-corrected chi connectivity index (χ2v) is 5.16. The van der Waals surface area contributed by atoms with E-state index < -0.39 is 5.54 Å². The number of aliphatic hydroxyl groups excluding tert-OH is 2. The summed E-state index contributed by atoms with van der Waals surface area (Å²) in [6, 6.07) is 6.48. The first-order chi connectivity index (χ1) is 7.90. The largest absolute Gasteiger partial charge is 0.394 e. The lowest BCUT2D eigenvalue weighted by atomic mass is 9.98. The highest BCUT2D eigenvalue weighted by molar-refractivity contribution is 5.30. The van der Waals surface area contributed by atoms with E-state index >= 15 is 0 Å². The normalized spacial score (nSPS) is 13.8. The first kappa shape index (κ1) is 14.2. The predicted octanol–water partition coefficient (Wildman–Crippen LogP) is 1.70. The molecule has 1 rings (SSSR count). The molecule has 0 amide bonds. The fourth-order valence-corrected chi connectivity index (χ4v) is 2.01. The van der Waals surface area contributed by atoms with Gasteiger partial charge in [0.15, 0.2) is 0 Å². The van der Waals surface area contributed by atoms with Crippen LogP contribution in [0.25, 0.3) is 0 Å². The van der Waals surface area contributed by atoms with Gasteiger partial charge in [0.25, 0.3) is 0 Å². The molecule has 0 radical (unpaired) electrons. The van der Waals surface area contributed by atoms with Crippen LogP contribution in [-0.2, 0) is 0 Å². The maximum Gasteiger partial charge on any atom is 0.0633 e. The van der Waals surface area contributed by atoms with Crippen molar-refractivity contribution in [2.24, 2.45) is 0 Å². The van der Waals surface area contributed by atoms with E-state index in [4.69, 9.17) is 0 Å². The van der Waals surface area contributed by atoms with E-state index in [9.17, 15) is 10.2 Å². The molecule has 1 aromatic carbocycles. The van der Waals surface area contributed by atoms with Crippen molar-refractivity contribution in [3.63, 3.8) is 0 Å². The summed E-state index contributed by atoms with van der Waals surface area (Å²) in [5.41, 5.74) is 2.99. The van der Waals surface area contributed by atoms with Crippen molar-refractivity contribution in [2.45, 2.75) is 39.3 Å². The third-order valence-electron chi connectivity index (χ3n) is 3.01. The standard InChI is InChI=1S/C14H23NO2/c1-10-5-11(2)7-13(6-10)12(3)15-14(4,8-16)9-17/h5-7,12,15-17H,8-9H2,1-4H3. The molecule has 17 heavy (non-hydrogen) atoms. The molecule has 0 fully saturated rings. The molecular weight excluding hydrogens is 214 g/mol. The Morgan fingerprint density at radius 3 is 2.00 bits per heavy atom. The highest BCUT2D eigenvalue weighted by Gasteiger charge is 2.24. The number of aliphatic hydroxyl groups is 2. The maximum atomic E-state index is 9.27. The molecule has 96 valence electrons. The van der Waals surface area contributed by atoms with Crippen LogP contribution in [0.1, 0.15) is 36.6 Å². The lowest BCUT2D eigenvalue weighted by Gasteiger charge is -2.30. The summed E-state index contributed by atoms with van der Waals surface area (Å²) < 4.78 is 0. The van der Waals surface area contributed by atoms with Crippen LogP contribution in [0.2, 0.25) is 0 Å². The number of aryl methyl sites for hydroxylation is 2. The average molecular weight is 237 g/mol. The summed E-state index contributed by atoms with van der Waals surface area (Å²) in [6.07, 6.45) is 0. The Kier molecular flexibility index (Phi) is 4.69. The van der Waals surface area contributed by atoms with Crippen molar-refractivity contribution >= 4 is 0 Å². The highest BCUT2D eigenvalue weighted by atomic mass is 16.3. The third-order valence-corrected chi connectivity index (χ3v) is 3.01. The molecule has 0 aliphatic heterocycles. The van der Waals surface area contributed by atoms with Crippen molar-refractivity contribution in [1.29, 1.82) is 0 Å². The lowest BCUT2D eigenvalue weighted by molar-refractivity contribution is 0.0957. The van der Waals surface area contributed by atoms with Gasteiger partial charge in [0.05, 0.1) is 18.8 Å². The van der Waals surface area contributed by atoms with E-state index in [1.165, 1.54) is 16.7 Å². The minimum atomic E-state index is -0.642. The number of hydrogen-bond donors (Lipinski definition) is 3. The molecule has 0 aliphatic rings. The average Bonchev–Trinajstić information content (AvgIpc) is 2.27. The van der Waals surface area contributed by atoms with Gasteiger partial charge < -0.3 is 15.5 Å². The smallest absolute Gasteiger partial charge is 0.0633 e. The summed E-state index contributed by atoms with van der Waals surface area (Å²) in [7, 11) is 0. The molecule has 0 saturated carbocycles. The fourth-order valence-electron chi connectivity index (χ4n) is 2.01. The molecule has 3 nitrogen and oxygen atoms in total. The van der Waals surface area contributed by atoms with E-state index in [1.54, 1.807) is 0 Å². The van der Waals surface area contributed by atoms with E-state index in [-0.39, 0.29) is 19.3 Å². The molecule has 0 spiro atoms. The second kappa shape index (κ2) is 5.63. The summed E-state index contributed by atoms with van der Waals surface area (Å²) in [6.45, 7) is 7.82. The second-order valence-electron chi connectivity index (χ2n) is 5.16. The van der Waals surface area contributed by atoms with Gasteiger partial charge in [0.1, 0.15) is 0 Å². The van der Waals surface area contributed by atoms with Crippen molar-refractivity contribution in [2.75, 3.05) is 13.2 Å². The summed E-state index contributed by atoms with van der Waals surface area (Å²) in [5, 5.41) is 21.8. The molecule has 0 heterocycles. The van der Waals surface area contributed by atoms with Crippen LogP contribution in [-0.4, -0.2) is 29.0 Å². The van der Waals surface area contributed by atoms with Gasteiger partial charge in [-0.25, -0.2) is 0 Å². The van der Waals surface area contributed by atoms with Gasteiger partial charge in [0, 0.05) is 6.04 Å². The van der Waals surface area contributed by atoms with Gasteiger partial charge >= 0.3 is 0 Å². The summed E-state index contributed by atoms with van der Waals surface area (Å²) in [4.78, 5) is 0. The molecule has 3 N–H and O–H groups in total. The zero-order valence-electron chi connectivity index (χ0n) is 11.1. The number of rotatable bonds is 5. The van der Waals surface area contributed by atoms with Crippen LogP contribution in [0.15, 0.2) is 18.2 Å². The van der Waals surface area contributed by atoms with E-state index in [0.29, 0.717) is 0 Å².